The molecule has 1 N–H and O–H groups in total. The number of amides is 1. The number of aliphatic hydroxyl groups is 1. The van der Waals surface area contributed by atoms with Gasteiger partial charge in [-0.1, -0.05) is 11.6 Å². The number of nitriles is 1. The Morgan fingerprint density at radius 1 is 1.53 bits per heavy atom. The van der Waals surface area contributed by atoms with Crippen molar-refractivity contribution in [1.29, 1.82) is 5.26 Å². The lowest BCUT2D eigenvalue weighted by Crippen LogP contribution is -2.55. The smallest absolute Gasteiger partial charge is 0.412 e. The van der Waals surface area contributed by atoms with Gasteiger partial charge in [0, 0.05) is 6.54 Å². The third kappa shape index (κ3) is 3.07. The van der Waals surface area contributed by atoms with Gasteiger partial charge in [-0.3, -0.25) is 4.90 Å². The molecule has 19 heavy (non-hydrogen) atoms. The van der Waals surface area contributed by atoms with Gasteiger partial charge in [-0.25, -0.2) is 4.79 Å². The van der Waals surface area contributed by atoms with Crippen LogP contribution in [0.25, 0.3) is 0 Å². The molecular formula is C14H22N2O3. The fourth-order valence-corrected chi connectivity index (χ4v) is 2.20. The van der Waals surface area contributed by atoms with Crippen LogP contribution in [0.4, 0.5) is 4.79 Å². The molecule has 1 rings (SSSR count). The molecule has 1 fully saturated rings. The molecule has 1 aliphatic heterocycles. The summed E-state index contributed by atoms with van der Waals surface area (Å²) in [5.41, 5.74) is -1.16. The van der Waals surface area contributed by atoms with E-state index < -0.39 is 17.4 Å². The van der Waals surface area contributed by atoms with E-state index in [-0.39, 0.29) is 13.0 Å². The van der Waals surface area contributed by atoms with Gasteiger partial charge < -0.3 is 9.84 Å². The Balaban J connectivity index is 2.83. The molecule has 1 heterocycles. The Kier molecular flexibility index (Phi) is 4.59. The van der Waals surface area contributed by atoms with Crippen molar-refractivity contribution < 1.29 is 14.6 Å². The second-order valence-corrected chi connectivity index (χ2v) is 5.50. The Morgan fingerprint density at radius 3 is 2.68 bits per heavy atom. The van der Waals surface area contributed by atoms with Crippen molar-refractivity contribution in [1.82, 2.24) is 4.90 Å². The molecule has 5 heteroatoms. The van der Waals surface area contributed by atoms with Crippen LogP contribution in [0, 0.1) is 11.3 Å². The number of nitrogens with zero attached hydrogens (tertiary/aromatic N) is 2. The highest BCUT2D eigenvalue weighted by Gasteiger charge is 2.58. The van der Waals surface area contributed by atoms with Crippen molar-refractivity contribution in [3.8, 4) is 6.07 Å². The molecular weight excluding hydrogens is 244 g/mol. The first kappa shape index (κ1) is 15.5. The first-order valence-electron chi connectivity index (χ1n) is 6.48. The van der Waals surface area contributed by atoms with Gasteiger partial charge >= 0.3 is 6.09 Å². The third-order valence-electron chi connectivity index (χ3n) is 3.68. The quantitative estimate of drug-likeness (QED) is 0.776. The van der Waals surface area contributed by atoms with Gasteiger partial charge in [0.05, 0.1) is 12.5 Å². The highest BCUT2D eigenvalue weighted by Crippen LogP contribution is 2.40. The molecule has 2 unspecified atom stereocenters. The normalized spacial score (nSPS) is 29.9. The zero-order valence-electron chi connectivity index (χ0n) is 12.1. The summed E-state index contributed by atoms with van der Waals surface area (Å²) in [5.74, 6) is 0. The monoisotopic (exact) mass is 266 g/mol. The van der Waals surface area contributed by atoms with Crippen molar-refractivity contribution in [2.24, 2.45) is 0 Å². The Bertz CT molecular complexity index is 419. The number of hydrogen-bond acceptors (Lipinski definition) is 4. The van der Waals surface area contributed by atoms with Crippen LogP contribution in [0.5, 0.6) is 0 Å². The van der Waals surface area contributed by atoms with Gasteiger partial charge in [-0.2, -0.15) is 5.26 Å². The average Bonchev–Trinajstić information content (AvgIpc) is 2.43. The van der Waals surface area contributed by atoms with Crippen LogP contribution in [-0.2, 0) is 4.74 Å². The molecule has 1 saturated heterocycles. The molecule has 0 aromatic rings. The highest BCUT2D eigenvalue weighted by molar-refractivity contribution is 5.72. The summed E-state index contributed by atoms with van der Waals surface area (Å²) in [6, 6.07) is 1.97. The molecule has 106 valence electrons. The third-order valence-corrected chi connectivity index (χ3v) is 3.68. The second kappa shape index (κ2) is 5.62. The largest absolute Gasteiger partial charge is 0.438 e. The first-order valence-corrected chi connectivity index (χ1v) is 6.48. The molecule has 5 nitrogen and oxygen atoms in total. The zero-order valence-corrected chi connectivity index (χ0v) is 12.1. The molecule has 2 atom stereocenters. The van der Waals surface area contributed by atoms with Gasteiger partial charge in [0.2, 0.25) is 0 Å². The van der Waals surface area contributed by atoms with Crippen LogP contribution in [0.15, 0.2) is 11.6 Å². The zero-order chi connectivity index (χ0) is 14.7. The van der Waals surface area contributed by atoms with E-state index in [0.29, 0.717) is 6.42 Å². The number of carbonyl (C=O) groups is 1. The minimum Gasteiger partial charge on any atom is -0.438 e. The number of hydrogen-bond donors (Lipinski definition) is 1. The predicted octanol–water partition coefficient (Wildman–Crippen LogP) is 2.57. The van der Waals surface area contributed by atoms with Crippen molar-refractivity contribution >= 4 is 6.09 Å². The fourth-order valence-electron chi connectivity index (χ4n) is 2.20. The molecule has 0 bridgehead atoms. The summed E-state index contributed by atoms with van der Waals surface area (Å²) in [4.78, 5) is 13.1. The van der Waals surface area contributed by atoms with Crippen LogP contribution in [0.1, 0.15) is 47.0 Å². The van der Waals surface area contributed by atoms with E-state index >= 15 is 0 Å². The van der Waals surface area contributed by atoms with Gasteiger partial charge in [0.25, 0.3) is 0 Å². The number of rotatable bonds is 5. The molecule has 0 spiro atoms. The van der Waals surface area contributed by atoms with Crippen LogP contribution in [0.2, 0.25) is 0 Å². The van der Waals surface area contributed by atoms with Crippen molar-refractivity contribution in [2.75, 3.05) is 6.54 Å². The Labute approximate surface area is 114 Å². The summed E-state index contributed by atoms with van der Waals surface area (Å²) in [7, 11) is 0. The van der Waals surface area contributed by atoms with Crippen molar-refractivity contribution in [2.45, 2.75) is 58.3 Å². The van der Waals surface area contributed by atoms with Crippen LogP contribution < -0.4 is 0 Å². The van der Waals surface area contributed by atoms with E-state index in [1.807, 2.05) is 26.0 Å². The number of allylic oxidation sites excluding steroid dienone is 2. The molecule has 0 aliphatic carbocycles. The minimum atomic E-state index is -1.39. The van der Waals surface area contributed by atoms with E-state index in [1.54, 1.807) is 13.8 Å². The second-order valence-electron chi connectivity index (χ2n) is 5.50. The number of cyclic esters (lactones) is 1. The van der Waals surface area contributed by atoms with Gasteiger partial charge in [0.1, 0.15) is 0 Å². The van der Waals surface area contributed by atoms with Crippen LogP contribution in [0.3, 0.4) is 0 Å². The van der Waals surface area contributed by atoms with Crippen LogP contribution in [-0.4, -0.2) is 34.0 Å². The first-order chi connectivity index (χ1) is 8.74. The molecule has 1 amide bonds. The van der Waals surface area contributed by atoms with E-state index in [2.05, 4.69) is 0 Å². The van der Waals surface area contributed by atoms with Gasteiger partial charge in [0.15, 0.2) is 11.3 Å². The molecule has 0 aromatic heterocycles. The Morgan fingerprint density at radius 2 is 2.16 bits per heavy atom. The summed E-state index contributed by atoms with van der Waals surface area (Å²) < 4.78 is 5.35. The lowest BCUT2D eigenvalue weighted by Gasteiger charge is -2.37. The number of ether oxygens (including phenoxy) is 1. The van der Waals surface area contributed by atoms with Crippen LogP contribution >= 0.6 is 0 Å². The molecule has 0 radical (unpaired) electrons. The summed E-state index contributed by atoms with van der Waals surface area (Å²) in [6.45, 7) is 7.48. The fraction of sp³-hybridized carbons (Fsp3) is 0.714. The molecule has 0 aromatic carbocycles. The van der Waals surface area contributed by atoms with Gasteiger partial charge in [-0.15, -0.1) is 0 Å². The Hall–Kier alpha value is -1.54. The molecule has 0 saturated carbocycles. The predicted molar refractivity (Wildman–Crippen MR) is 71.1 cm³/mol. The molecule has 1 aliphatic rings. The lowest BCUT2D eigenvalue weighted by molar-refractivity contribution is -0.138. The van der Waals surface area contributed by atoms with E-state index in [4.69, 9.17) is 10.00 Å². The highest BCUT2D eigenvalue weighted by atomic mass is 16.6. The lowest BCUT2D eigenvalue weighted by atomic mass is 9.88. The standard InChI is InChI=1S/C14H22N2O3/c1-11(2)7-5-8-13(3)14(4,18)16(10-6-9-15)12(17)19-13/h7,18H,5-6,8,10H2,1-4H3. The SMILES string of the molecule is CC(C)=CCCC1(C)OC(=O)N(CCC#N)C1(C)O. The summed E-state index contributed by atoms with van der Waals surface area (Å²) >= 11 is 0. The minimum absolute atomic E-state index is 0.176. The topological polar surface area (TPSA) is 73.6 Å². The maximum Gasteiger partial charge on any atom is 0.412 e. The van der Waals surface area contributed by atoms with Crippen molar-refractivity contribution in [3.63, 3.8) is 0 Å². The van der Waals surface area contributed by atoms with E-state index in [0.717, 1.165) is 6.42 Å². The van der Waals surface area contributed by atoms with Gasteiger partial charge in [-0.05, 0) is 40.5 Å². The van der Waals surface area contributed by atoms with Crippen molar-refractivity contribution in [3.05, 3.63) is 11.6 Å². The maximum absolute atomic E-state index is 11.8. The van der Waals surface area contributed by atoms with E-state index in [1.165, 1.54) is 10.5 Å². The maximum atomic E-state index is 11.8. The number of carbonyl (C=O) groups excluding carboxylic acids is 1. The average molecular weight is 266 g/mol. The van der Waals surface area contributed by atoms with E-state index in [9.17, 15) is 9.90 Å². The summed E-state index contributed by atoms with van der Waals surface area (Å²) in [5, 5.41) is 19.2. The summed E-state index contributed by atoms with van der Waals surface area (Å²) in [6.07, 6.45) is 2.94.